The summed E-state index contributed by atoms with van der Waals surface area (Å²) in [6, 6.07) is 3.11. The lowest BCUT2D eigenvalue weighted by Crippen LogP contribution is -2.18. The molecule has 9 heteroatoms. The van der Waals surface area contributed by atoms with E-state index in [0.29, 0.717) is 5.82 Å². The Bertz CT molecular complexity index is 735. The molecule has 1 aromatic heterocycles. The van der Waals surface area contributed by atoms with Crippen molar-refractivity contribution in [3.05, 3.63) is 46.9 Å². The Labute approximate surface area is 147 Å². The van der Waals surface area contributed by atoms with Gasteiger partial charge in [-0.1, -0.05) is 24.9 Å². The van der Waals surface area contributed by atoms with Crippen molar-refractivity contribution in [2.75, 3.05) is 17.2 Å². The zero-order valence-electron chi connectivity index (χ0n) is 13.3. The number of benzene rings is 1. The standard InChI is InChI=1S/C16H16ClF3N4O/c1-2-3-6-21-14-9-22-13(8-23-14)15(25)24-12-5-4-10(17)7-11(12)16(18,19)20/h4-5,7-9H,2-3,6H2,1H3,(H,21,23)(H,24,25). The molecule has 0 radical (unpaired) electrons. The van der Waals surface area contributed by atoms with Gasteiger partial charge in [-0.25, -0.2) is 9.97 Å². The first-order chi connectivity index (χ1) is 11.8. The number of hydrogen-bond donors (Lipinski definition) is 2. The minimum Gasteiger partial charge on any atom is -0.369 e. The Morgan fingerprint density at radius 1 is 1.24 bits per heavy atom. The molecule has 2 N–H and O–H groups in total. The minimum atomic E-state index is -4.65. The zero-order valence-corrected chi connectivity index (χ0v) is 14.1. The number of nitrogens with one attached hydrogen (secondary N) is 2. The fourth-order valence-corrected chi connectivity index (χ4v) is 2.15. The van der Waals surface area contributed by atoms with E-state index < -0.39 is 23.3 Å². The van der Waals surface area contributed by atoms with Gasteiger partial charge in [0.25, 0.3) is 5.91 Å². The fourth-order valence-electron chi connectivity index (χ4n) is 1.98. The van der Waals surface area contributed by atoms with Gasteiger partial charge >= 0.3 is 6.18 Å². The van der Waals surface area contributed by atoms with Gasteiger partial charge in [0.1, 0.15) is 11.5 Å². The molecule has 0 bridgehead atoms. The Hall–Kier alpha value is -2.35. The molecule has 0 aliphatic heterocycles. The number of rotatable bonds is 6. The van der Waals surface area contributed by atoms with Crippen LogP contribution < -0.4 is 10.6 Å². The Morgan fingerprint density at radius 3 is 2.60 bits per heavy atom. The van der Waals surface area contributed by atoms with Gasteiger partial charge in [-0.15, -0.1) is 0 Å². The van der Waals surface area contributed by atoms with Crippen LogP contribution in [0.5, 0.6) is 0 Å². The Morgan fingerprint density at radius 2 is 2.00 bits per heavy atom. The molecule has 5 nitrogen and oxygen atoms in total. The predicted molar refractivity (Wildman–Crippen MR) is 89.8 cm³/mol. The van der Waals surface area contributed by atoms with Crippen LogP contribution >= 0.6 is 11.6 Å². The maximum atomic E-state index is 13.0. The molecular formula is C16H16ClF3N4O. The van der Waals surface area contributed by atoms with Crippen molar-refractivity contribution in [3.8, 4) is 0 Å². The first-order valence-corrected chi connectivity index (χ1v) is 7.93. The summed E-state index contributed by atoms with van der Waals surface area (Å²) >= 11 is 5.60. The van der Waals surface area contributed by atoms with Crippen molar-refractivity contribution in [3.63, 3.8) is 0 Å². The summed E-state index contributed by atoms with van der Waals surface area (Å²) in [7, 11) is 0. The number of nitrogens with zero attached hydrogens (tertiary/aromatic N) is 2. The van der Waals surface area contributed by atoms with Crippen LogP contribution in [-0.4, -0.2) is 22.4 Å². The predicted octanol–water partition coefficient (Wildman–Crippen LogP) is 4.61. The van der Waals surface area contributed by atoms with E-state index in [9.17, 15) is 18.0 Å². The van der Waals surface area contributed by atoms with Crippen molar-refractivity contribution in [2.24, 2.45) is 0 Å². The third kappa shape index (κ3) is 5.32. The van der Waals surface area contributed by atoms with Crippen LogP contribution in [0.1, 0.15) is 35.8 Å². The summed E-state index contributed by atoms with van der Waals surface area (Å²) in [5, 5.41) is 5.14. The molecule has 2 aromatic rings. The number of anilines is 2. The van der Waals surface area contributed by atoms with E-state index in [4.69, 9.17) is 11.6 Å². The number of unbranched alkanes of at least 4 members (excludes halogenated alkanes) is 1. The van der Waals surface area contributed by atoms with E-state index in [0.717, 1.165) is 31.5 Å². The van der Waals surface area contributed by atoms with E-state index in [1.54, 1.807) is 0 Å². The molecule has 0 atom stereocenters. The third-order valence-electron chi connectivity index (χ3n) is 3.26. The largest absolute Gasteiger partial charge is 0.418 e. The van der Waals surface area contributed by atoms with Crippen molar-refractivity contribution in [2.45, 2.75) is 25.9 Å². The quantitative estimate of drug-likeness (QED) is 0.726. The SMILES string of the molecule is CCCCNc1cnc(C(=O)Nc2ccc(Cl)cc2C(F)(F)F)cn1. The smallest absolute Gasteiger partial charge is 0.369 e. The summed E-state index contributed by atoms with van der Waals surface area (Å²) in [4.78, 5) is 20.1. The van der Waals surface area contributed by atoms with Crippen LogP contribution in [0.3, 0.4) is 0 Å². The molecule has 25 heavy (non-hydrogen) atoms. The summed E-state index contributed by atoms with van der Waals surface area (Å²) in [5.41, 5.74) is -1.52. The van der Waals surface area contributed by atoms with Gasteiger partial charge in [-0.2, -0.15) is 13.2 Å². The van der Waals surface area contributed by atoms with Crippen LogP contribution in [-0.2, 0) is 6.18 Å². The maximum Gasteiger partial charge on any atom is 0.418 e. The van der Waals surface area contributed by atoms with Gasteiger partial charge in [-0.3, -0.25) is 4.79 Å². The van der Waals surface area contributed by atoms with Crippen LogP contribution in [0.15, 0.2) is 30.6 Å². The second-order valence-corrected chi connectivity index (χ2v) is 5.65. The van der Waals surface area contributed by atoms with Gasteiger partial charge in [0.15, 0.2) is 0 Å². The van der Waals surface area contributed by atoms with Crippen LogP contribution in [0, 0.1) is 0 Å². The molecule has 0 unspecified atom stereocenters. The van der Waals surface area contributed by atoms with Crippen LogP contribution in [0.25, 0.3) is 0 Å². The Kier molecular flexibility index (Phi) is 6.19. The molecule has 2 rings (SSSR count). The molecule has 134 valence electrons. The molecular weight excluding hydrogens is 357 g/mol. The molecule has 1 heterocycles. The minimum absolute atomic E-state index is 0.0763. The second kappa shape index (κ2) is 8.15. The monoisotopic (exact) mass is 372 g/mol. The number of alkyl halides is 3. The van der Waals surface area contributed by atoms with E-state index in [-0.39, 0.29) is 10.7 Å². The van der Waals surface area contributed by atoms with Crippen molar-refractivity contribution in [1.29, 1.82) is 0 Å². The molecule has 1 aromatic carbocycles. The summed E-state index contributed by atoms with van der Waals surface area (Å²) in [6.45, 7) is 2.77. The average Bonchev–Trinajstić information content (AvgIpc) is 2.56. The molecule has 0 spiro atoms. The number of carbonyl (C=O) groups excluding carboxylic acids is 1. The van der Waals surface area contributed by atoms with Crippen molar-refractivity contribution in [1.82, 2.24) is 9.97 Å². The lowest BCUT2D eigenvalue weighted by molar-refractivity contribution is -0.136. The van der Waals surface area contributed by atoms with Crippen molar-refractivity contribution >= 4 is 29.0 Å². The van der Waals surface area contributed by atoms with E-state index in [1.165, 1.54) is 18.5 Å². The maximum absolute atomic E-state index is 13.0. The van der Waals surface area contributed by atoms with Gasteiger partial charge in [0, 0.05) is 11.6 Å². The molecule has 1 amide bonds. The molecule has 0 fully saturated rings. The molecule has 0 saturated carbocycles. The van der Waals surface area contributed by atoms with E-state index >= 15 is 0 Å². The van der Waals surface area contributed by atoms with E-state index in [1.807, 2.05) is 6.92 Å². The number of halogens is 4. The molecule has 0 aliphatic carbocycles. The molecule has 0 saturated heterocycles. The lowest BCUT2D eigenvalue weighted by Gasteiger charge is -2.14. The summed E-state index contributed by atoms with van der Waals surface area (Å²) in [5.74, 6) is -0.298. The van der Waals surface area contributed by atoms with Crippen molar-refractivity contribution < 1.29 is 18.0 Å². The summed E-state index contributed by atoms with van der Waals surface area (Å²) in [6.07, 6.45) is -0.111. The average molecular weight is 373 g/mol. The van der Waals surface area contributed by atoms with Gasteiger partial charge in [0.2, 0.25) is 0 Å². The zero-order chi connectivity index (χ0) is 18.4. The Balaban J connectivity index is 2.12. The first kappa shape index (κ1) is 19.0. The molecule has 0 aliphatic rings. The highest BCUT2D eigenvalue weighted by Crippen LogP contribution is 2.36. The topological polar surface area (TPSA) is 66.9 Å². The first-order valence-electron chi connectivity index (χ1n) is 7.55. The highest BCUT2D eigenvalue weighted by molar-refractivity contribution is 6.30. The number of amides is 1. The van der Waals surface area contributed by atoms with E-state index in [2.05, 4.69) is 20.6 Å². The highest BCUT2D eigenvalue weighted by Gasteiger charge is 2.34. The van der Waals surface area contributed by atoms with Gasteiger partial charge < -0.3 is 10.6 Å². The van der Waals surface area contributed by atoms with Gasteiger partial charge in [0.05, 0.1) is 23.6 Å². The van der Waals surface area contributed by atoms with Gasteiger partial charge in [-0.05, 0) is 24.6 Å². The number of carbonyl (C=O) groups is 1. The number of hydrogen-bond acceptors (Lipinski definition) is 4. The fraction of sp³-hybridized carbons (Fsp3) is 0.312. The number of aromatic nitrogens is 2. The van der Waals surface area contributed by atoms with Crippen LogP contribution in [0.4, 0.5) is 24.7 Å². The van der Waals surface area contributed by atoms with Crippen LogP contribution in [0.2, 0.25) is 5.02 Å². The normalized spacial score (nSPS) is 11.2. The summed E-state index contributed by atoms with van der Waals surface area (Å²) < 4.78 is 39.1. The second-order valence-electron chi connectivity index (χ2n) is 5.21. The third-order valence-corrected chi connectivity index (χ3v) is 3.49. The highest BCUT2D eigenvalue weighted by atomic mass is 35.5. The lowest BCUT2D eigenvalue weighted by atomic mass is 10.1.